The van der Waals surface area contributed by atoms with Crippen molar-refractivity contribution in [1.29, 1.82) is 0 Å². The van der Waals surface area contributed by atoms with Crippen molar-refractivity contribution in [2.75, 3.05) is 5.73 Å². The summed E-state index contributed by atoms with van der Waals surface area (Å²) in [7, 11) is 0. The maximum absolute atomic E-state index is 6.02. The minimum Gasteiger partial charge on any atom is -0.398 e. The summed E-state index contributed by atoms with van der Waals surface area (Å²) in [4.78, 5) is 0. The summed E-state index contributed by atoms with van der Waals surface area (Å²) in [5, 5.41) is 13.8. The Morgan fingerprint density at radius 1 is 1.47 bits per heavy atom. The number of nitrogens with one attached hydrogen (secondary N) is 1. The lowest BCUT2D eigenvalue weighted by molar-refractivity contribution is 0.747. The molecule has 1 unspecified atom stereocenters. The Morgan fingerprint density at radius 3 is 2.88 bits per heavy atom. The largest absolute Gasteiger partial charge is 0.398 e. The third-order valence-corrected chi connectivity index (χ3v) is 3.48. The van der Waals surface area contributed by atoms with E-state index < -0.39 is 0 Å². The van der Waals surface area contributed by atoms with Crippen molar-refractivity contribution >= 4 is 5.69 Å². The van der Waals surface area contributed by atoms with Crippen molar-refractivity contribution in [3.8, 4) is 11.4 Å². The maximum atomic E-state index is 6.02. The molecule has 0 aliphatic heterocycles. The first-order valence-electron chi connectivity index (χ1n) is 5.86. The first kappa shape index (κ1) is 10.3. The zero-order chi connectivity index (χ0) is 11.8. The van der Waals surface area contributed by atoms with Crippen LogP contribution >= 0.6 is 0 Å². The molecule has 0 saturated heterocycles. The third-order valence-electron chi connectivity index (χ3n) is 3.48. The van der Waals surface area contributed by atoms with Gasteiger partial charge in [-0.15, -0.1) is 10.2 Å². The highest BCUT2D eigenvalue weighted by Crippen LogP contribution is 2.40. The van der Waals surface area contributed by atoms with Gasteiger partial charge in [-0.25, -0.2) is 0 Å². The summed E-state index contributed by atoms with van der Waals surface area (Å²) < 4.78 is 0. The van der Waals surface area contributed by atoms with Crippen LogP contribution in [0.2, 0.25) is 0 Å². The Labute approximate surface area is 99.4 Å². The fraction of sp³-hybridized carbons (Fsp3) is 0.417. The molecule has 1 heterocycles. The molecule has 17 heavy (non-hydrogen) atoms. The zero-order valence-corrected chi connectivity index (χ0v) is 9.72. The Kier molecular flexibility index (Phi) is 2.31. The van der Waals surface area contributed by atoms with Gasteiger partial charge in [-0.1, -0.05) is 13.0 Å². The summed E-state index contributed by atoms with van der Waals surface area (Å²) >= 11 is 0. The number of anilines is 1. The lowest BCUT2D eigenvalue weighted by Crippen LogP contribution is -1.96. The molecule has 1 fully saturated rings. The van der Waals surface area contributed by atoms with E-state index in [-0.39, 0.29) is 0 Å². The van der Waals surface area contributed by atoms with Gasteiger partial charge in [-0.2, -0.15) is 5.21 Å². The van der Waals surface area contributed by atoms with Gasteiger partial charge in [0.1, 0.15) is 0 Å². The van der Waals surface area contributed by atoms with E-state index in [1.807, 2.05) is 12.1 Å². The molecule has 88 valence electrons. The van der Waals surface area contributed by atoms with Crippen molar-refractivity contribution in [3.63, 3.8) is 0 Å². The molecule has 1 aromatic carbocycles. The summed E-state index contributed by atoms with van der Waals surface area (Å²) in [5.74, 6) is 2.26. The molecule has 0 bridgehead atoms. The van der Waals surface area contributed by atoms with Crippen LogP contribution < -0.4 is 5.73 Å². The molecule has 0 amide bonds. The second-order valence-corrected chi connectivity index (χ2v) is 4.83. The minimum absolute atomic E-state index is 0.550. The molecule has 2 atom stereocenters. The van der Waals surface area contributed by atoms with E-state index in [0.29, 0.717) is 5.82 Å². The van der Waals surface area contributed by atoms with E-state index in [2.05, 4.69) is 33.6 Å². The molecule has 0 spiro atoms. The molecule has 3 rings (SSSR count). The predicted octanol–water partition coefficient (Wildman–Crippen LogP) is 1.65. The second-order valence-electron chi connectivity index (χ2n) is 4.83. The van der Waals surface area contributed by atoms with Crippen LogP contribution in [0.3, 0.4) is 0 Å². The molecular weight excluding hydrogens is 214 g/mol. The Bertz CT molecular complexity index is 520. The Balaban J connectivity index is 1.84. The van der Waals surface area contributed by atoms with Crippen LogP contribution in [0, 0.1) is 11.8 Å². The van der Waals surface area contributed by atoms with Gasteiger partial charge in [0.25, 0.3) is 0 Å². The average Bonchev–Trinajstić information content (AvgIpc) is 2.82. The number of rotatable bonds is 3. The summed E-state index contributed by atoms with van der Waals surface area (Å²) in [6.45, 7) is 2.29. The third kappa shape index (κ3) is 2.00. The minimum atomic E-state index is 0.550. The van der Waals surface area contributed by atoms with Gasteiger partial charge >= 0.3 is 0 Å². The molecule has 3 N–H and O–H groups in total. The zero-order valence-electron chi connectivity index (χ0n) is 9.72. The van der Waals surface area contributed by atoms with Crippen LogP contribution in [-0.2, 0) is 6.42 Å². The number of hydrogen-bond acceptors (Lipinski definition) is 4. The van der Waals surface area contributed by atoms with Gasteiger partial charge in [-0.3, -0.25) is 0 Å². The smallest absolute Gasteiger partial charge is 0.206 e. The lowest BCUT2D eigenvalue weighted by atomic mass is 10.0. The van der Waals surface area contributed by atoms with E-state index in [1.165, 1.54) is 12.0 Å². The van der Waals surface area contributed by atoms with E-state index in [1.54, 1.807) is 0 Å². The number of nitrogens with two attached hydrogens (primary N) is 1. The van der Waals surface area contributed by atoms with Crippen LogP contribution in [0.1, 0.15) is 18.9 Å². The van der Waals surface area contributed by atoms with Gasteiger partial charge in [0.05, 0.1) is 0 Å². The van der Waals surface area contributed by atoms with E-state index >= 15 is 0 Å². The van der Waals surface area contributed by atoms with Crippen LogP contribution in [0.5, 0.6) is 0 Å². The lowest BCUT2D eigenvalue weighted by Gasteiger charge is -2.05. The first-order valence-corrected chi connectivity index (χ1v) is 5.86. The van der Waals surface area contributed by atoms with Crippen molar-refractivity contribution in [1.82, 2.24) is 20.6 Å². The summed E-state index contributed by atoms with van der Waals surface area (Å²) in [5.41, 5.74) is 8.88. The van der Waals surface area contributed by atoms with Crippen LogP contribution in [0.25, 0.3) is 11.4 Å². The molecule has 5 nitrogen and oxygen atoms in total. The standard InChI is InChI=1S/C12H15N5/c1-7-4-9(7)5-8-2-3-10(11(13)6-8)12-14-16-17-15-12/h2-3,6-7,9H,4-5,13H2,1H3,(H,14,15,16,17)/t7?,9-/m1/s1. The number of nitrogen functional groups attached to an aromatic ring is 1. The first-order chi connectivity index (χ1) is 8.24. The quantitative estimate of drug-likeness (QED) is 0.784. The van der Waals surface area contributed by atoms with Gasteiger partial charge in [0, 0.05) is 11.3 Å². The fourth-order valence-electron chi connectivity index (χ4n) is 2.20. The van der Waals surface area contributed by atoms with Crippen molar-refractivity contribution in [2.24, 2.45) is 11.8 Å². The van der Waals surface area contributed by atoms with Crippen LogP contribution in [0.4, 0.5) is 5.69 Å². The Hall–Kier alpha value is -1.91. The van der Waals surface area contributed by atoms with E-state index in [4.69, 9.17) is 5.73 Å². The predicted molar refractivity (Wildman–Crippen MR) is 65.0 cm³/mol. The Morgan fingerprint density at radius 2 is 2.29 bits per heavy atom. The van der Waals surface area contributed by atoms with Crippen LogP contribution in [-0.4, -0.2) is 20.6 Å². The number of nitrogens with zero attached hydrogens (tertiary/aromatic N) is 3. The van der Waals surface area contributed by atoms with Gasteiger partial charge < -0.3 is 5.73 Å². The topological polar surface area (TPSA) is 80.5 Å². The molecule has 1 aliphatic carbocycles. The summed E-state index contributed by atoms with van der Waals surface area (Å²) in [6.07, 6.45) is 2.46. The van der Waals surface area contributed by atoms with E-state index in [9.17, 15) is 0 Å². The van der Waals surface area contributed by atoms with Crippen molar-refractivity contribution < 1.29 is 0 Å². The highest BCUT2D eigenvalue weighted by Gasteiger charge is 2.32. The number of benzene rings is 1. The fourth-order valence-corrected chi connectivity index (χ4v) is 2.20. The second kappa shape index (κ2) is 3.84. The molecule has 2 aromatic rings. The highest BCUT2D eigenvalue weighted by molar-refractivity contribution is 5.71. The SMILES string of the molecule is CC1C[C@@H]1Cc1ccc(-c2nn[nH]n2)c(N)c1. The molecule has 1 saturated carbocycles. The maximum Gasteiger partial charge on any atom is 0.206 e. The number of aromatic amines is 1. The van der Waals surface area contributed by atoms with Crippen molar-refractivity contribution in [2.45, 2.75) is 19.8 Å². The monoisotopic (exact) mass is 229 g/mol. The number of aromatic nitrogens is 4. The van der Waals surface area contributed by atoms with Gasteiger partial charge in [0.2, 0.25) is 5.82 Å². The molecule has 5 heteroatoms. The van der Waals surface area contributed by atoms with Crippen molar-refractivity contribution in [3.05, 3.63) is 23.8 Å². The molecule has 1 aliphatic rings. The van der Waals surface area contributed by atoms with Gasteiger partial charge in [-0.05, 0) is 47.6 Å². The normalized spacial score (nSPS) is 22.6. The molecule has 1 aromatic heterocycles. The number of tetrazole rings is 1. The van der Waals surface area contributed by atoms with Gasteiger partial charge in [0.15, 0.2) is 0 Å². The van der Waals surface area contributed by atoms with E-state index in [0.717, 1.165) is 29.5 Å². The molecule has 0 radical (unpaired) electrons. The number of hydrogen-bond donors (Lipinski definition) is 2. The molecular formula is C12H15N5. The number of H-pyrrole nitrogens is 1. The van der Waals surface area contributed by atoms with Crippen LogP contribution in [0.15, 0.2) is 18.2 Å². The summed E-state index contributed by atoms with van der Waals surface area (Å²) in [6, 6.07) is 6.10. The average molecular weight is 229 g/mol. The highest BCUT2D eigenvalue weighted by atomic mass is 15.5.